The van der Waals surface area contributed by atoms with Crippen LogP contribution >= 0.6 is 12.6 Å². The quantitative estimate of drug-likeness (QED) is 0.608. The van der Waals surface area contributed by atoms with Gasteiger partial charge in [-0.1, -0.05) is 19.8 Å². The predicted octanol–water partition coefficient (Wildman–Crippen LogP) is 3.31. The van der Waals surface area contributed by atoms with Gasteiger partial charge >= 0.3 is 5.25 Å². The van der Waals surface area contributed by atoms with Crippen LogP contribution in [0.2, 0.25) is 0 Å². The van der Waals surface area contributed by atoms with Crippen molar-refractivity contribution in [2.75, 3.05) is 0 Å². The third-order valence-corrected chi connectivity index (χ3v) is 1.43. The number of halogens is 3. The SMILES string of the molecule is CCCCC(F)C(F)(F)[S]. The van der Waals surface area contributed by atoms with Crippen molar-refractivity contribution in [1.29, 1.82) is 0 Å². The minimum Gasteiger partial charge on any atom is -0.240 e. The van der Waals surface area contributed by atoms with Crippen LogP contribution in [0.4, 0.5) is 13.2 Å². The summed E-state index contributed by atoms with van der Waals surface area (Å²) in [4.78, 5) is 0. The maximum absolute atomic E-state index is 12.2. The number of unbranched alkanes of at least 4 members (excludes halogenated alkanes) is 1. The molecule has 0 amide bonds. The van der Waals surface area contributed by atoms with Gasteiger partial charge in [0.1, 0.15) is 0 Å². The maximum Gasteiger partial charge on any atom is 0.334 e. The molecule has 1 unspecified atom stereocenters. The van der Waals surface area contributed by atoms with Gasteiger partial charge in [-0.3, -0.25) is 0 Å². The summed E-state index contributed by atoms with van der Waals surface area (Å²) >= 11 is 3.61. The first-order valence-electron chi connectivity index (χ1n) is 3.20. The number of hydrogen-bond donors (Lipinski definition) is 0. The zero-order chi connectivity index (χ0) is 8.20. The van der Waals surface area contributed by atoms with Crippen LogP contribution in [0, 0.1) is 0 Å². The van der Waals surface area contributed by atoms with Gasteiger partial charge in [-0.25, -0.2) is 4.39 Å². The van der Waals surface area contributed by atoms with Gasteiger partial charge in [0.25, 0.3) is 0 Å². The zero-order valence-corrected chi connectivity index (χ0v) is 6.56. The van der Waals surface area contributed by atoms with E-state index in [0.717, 1.165) is 0 Å². The summed E-state index contributed by atoms with van der Waals surface area (Å²) < 4.78 is 36.0. The zero-order valence-electron chi connectivity index (χ0n) is 5.74. The molecule has 0 rings (SSSR count). The molecule has 0 heterocycles. The van der Waals surface area contributed by atoms with E-state index in [0.29, 0.717) is 12.8 Å². The fraction of sp³-hybridized carbons (Fsp3) is 1.00. The van der Waals surface area contributed by atoms with E-state index in [1.807, 2.05) is 6.92 Å². The first kappa shape index (κ1) is 10.1. The highest BCUT2D eigenvalue weighted by Crippen LogP contribution is 2.28. The Hall–Kier alpha value is 0.140. The molecule has 4 heteroatoms. The van der Waals surface area contributed by atoms with Crippen LogP contribution in [-0.4, -0.2) is 11.4 Å². The molecular formula is C6H10F3S. The molecular weight excluding hydrogens is 161 g/mol. The summed E-state index contributed by atoms with van der Waals surface area (Å²) in [6, 6.07) is 0. The van der Waals surface area contributed by atoms with Crippen molar-refractivity contribution in [3.63, 3.8) is 0 Å². The second kappa shape index (κ2) is 4.11. The Balaban J connectivity index is 3.52. The normalized spacial score (nSPS) is 15.3. The van der Waals surface area contributed by atoms with Crippen LogP contribution < -0.4 is 0 Å². The van der Waals surface area contributed by atoms with E-state index < -0.39 is 11.4 Å². The summed E-state index contributed by atoms with van der Waals surface area (Å²) in [6.45, 7) is 1.81. The van der Waals surface area contributed by atoms with Gasteiger partial charge in [0, 0.05) is 0 Å². The molecule has 0 nitrogen and oxygen atoms in total. The summed E-state index contributed by atoms with van der Waals surface area (Å²) in [7, 11) is 0. The molecule has 0 aliphatic rings. The van der Waals surface area contributed by atoms with Crippen LogP contribution in [0.25, 0.3) is 0 Å². The van der Waals surface area contributed by atoms with Crippen molar-refractivity contribution in [3.05, 3.63) is 0 Å². The molecule has 61 valence electrons. The second-order valence-electron chi connectivity index (χ2n) is 2.17. The lowest BCUT2D eigenvalue weighted by Gasteiger charge is -2.12. The Morgan fingerprint density at radius 3 is 2.30 bits per heavy atom. The lowest BCUT2D eigenvalue weighted by Crippen LogP contribution is -2.22. The van der Waals surface area contributed by atoms with E-state index in [-0.39, 0.29) is 6.42 Å². The van der Waals surface area contributed by atoms with Gasteiger partial charge in [-0.05, 0) is 19.0 Å². The fourth-order valence-corrected chi connectivity index (χ4v) is 0.669. The van der Waals surface area contributed by atoms with Gasteiger partial charge in [-0.15, -0.1) is 0 Å². The lowest BCUT2D eigenvalue weighted by molar-refractivity contribution is 0.0120. The average molecular weight is 171 g/mol. The van der Waals surface area contributed by atoms with Gasteiger partial charge in [0.2, 0.25) is 0 Å². The van der Waals surface area contributed by atoms with E-state index in [1.165, 1.54) is 0 Å². The monoisotopic (exact) mass is 171 g/mol. The topological polar surface area (TPSA) is 0 Å². The van der Waals surface area contributed by atoms with Crippen LogP contribution in [-0.2, 0) is 0 Å². The number of hydrogen-bond acceptors (Lipinski definition) is 0. The van der Waals surface area contributed by atoms with Crippen molar-refractivity contribution in [1.82, 2.24) is 0 Å². The van der Waals surface area contributed by atoms with Crippen molar-refractivity contribution in [2.24, 2.45) is 0 Å². The third-order valence-electron chi connectivity index (χ3n) is 1.18. The number of alkyl halides is 3. The molecule has 0 aromatic carbocycles. The Morgan fingerprint density at radius 1 is 1.50 bits per heavy atom. The molecule has 0 bridgehead atoms. The maximum atomic E-state index is 12.2. The van der Waals surface area contributed by atoms with Gasteiger partial charge < -0.3 is 0 Å². The molecule has 0 aromatic heterocycles. The van der Waals surface area contributed by atoms with Crippen molar-refractivity contribution in [3.8, 4) is 0 Å². The first-order valence-corrected chi connectivity index (χ1v) is 3.61. The van der Waals surface area contributed by atoms with Crippen molar-refractivity contribution >= 4 is 12.6 Å². The lowest BCUT2D eigenvalue weighted by atomic mass is 10.2. The molecule has 1 radical (unpaired) electrons. The predicted molar refractivity (Wildman–Crippen MR) is 37.0 cm³/mol. The van der Waals surface area contributed by atoms with Crippen molar-refractivity contribution in [2.45, 2.75) is 37.6 Å². The molecule has 0 N–H and O–H groups in total. The Bertz CT molecular complexity index is 89.5. The molecule has 1 atom stereocenters. The van der Waals surface area contributed by atoms with Gasteiger partial charge in [0.05, 0.1) is 0 Å². The number of rotatable bonds is 4. The summed E-state index contributed by atoms with van der Waals surface area (Å²) in [5.74, 6) is 0. The fourth-order valence-electron chi connectivity index (χ4n) is 0.551. The highest BCUT2D eigenvalue weighted by molar-refractivity contribution is 7.81. The van der Waals surface area contributed by atoms with E-state index in [4.69, 9.17) is 0 Å². The van der Waals surface area contributed by atoms with Crippen LogP contribution in [0.5, 0.6) is 0 Å². The van der Waals surface area contributed by atoms with Crippen LogP contribution in [0.15, 0.2) is 0 Å². The summed E-state index contributed by atoms with van der Waals surface area (Å²) in [6.07, 6.45) is -1.10. The van der Waals surface area contributed by atoms with E-state index >= 15 is 0 Å². The summed E-state index contributed by atoms with van der Waals surface area (Å²) in [5.41, 5.74) is 0. The third kappa shape index (κ3) is 4.04. The molecule has 0 saturated heterocycles. The Kier molecular flexibility index (Phi) is 4.17. The highest BCUT2D eigenvalue weighted by Gasteiger charge is 2.35. The molecule has 0 fully saturated rings. The molecule has 0 aliphatic heterocycles. The smallest absolute Gasteiger partial charge is 0.240 e. The van der Waals surface area contributed by atoms with E-state index in [2.05, 4.69) is 12.6 Å². The Labute approximate surface area is 64.2 Å². The molecule has 0 aromatic rings. The summed E-state index contributed by atoms with van der Waals surface area (Å²) in [5, 5.41) is -3.57. The van der Waals surface area contributed by atoms with E-state index in [1.54, 1.807) is 0 Å². The van der Waals surface area contributed by atoms with Crippen LogP contribution in [0.1, 0.15) is 26.2 Å². The van der Waals surface area contributed by atoms with E-state index in [9.17, 15) is 13.2 Å². The molecule has 0 aliphatic carbocycles. The van der Waals surface area contributed by atoms with Crippen molar-refractivity contribution < 1.29 is 13.2 Å². The standard InChI is InChI=1S/C6H10F3S/c1-2-3-4-5(7)6(8,9)10/h5H,2-4H2,1H3. The van der Waals surface area contributed by atoms with Gasteiger partial charge in [-0.2, -0.15) is 8.78 Å². The largest absolute Gasteiger partial charge is 0.334 e. The minimum absolute atomic E-state index is 0.132. The molecule has 10 heavy (non-hydrogen) atoms. The second-order valence-corrected chi connectivity index (χ2v) is 2.72. The highest BCUT2D eigenvalue weighted by atomic mass is 32.1. The minimum atomic E-state index is -3.57. The molecule has 0 spiro atoms. The Morgan fingerprint density at radius 2 is 2.00 bits per heavy atom. The average Bonchev–Trinajstić information content (AvgIpc) is 1.80. The van der Waals surface area contributed by atoms with Crippen LogP contribution in [0.3, 0.4) is 0 Å². The van der Waals surface area contributed by atoms with Gasteiger partial charge in [0.15, 0.2) is 6.17 Å². The first-order chi connectivity index (χ1) is 4.48. The molecule has 0 saturated carbocycles.